The summed E-state index contributed by atoms with van der Waals surface area (Å²) in [7, 11) is 3.63. The summed E-state index contributed by atoms with van der Waals surface area (Å²) >= 11 is 0. The summed E-state index contributed by atoms with van der Waals surface area (Å²) in [5.41, 5.74) is 0. The van der Waals surface area contributed by atoms with Crippen molar-refractivity contribution in [1.29, 1.82) is 0 Å². The van der Waals surface area contributed by atoms with Crippen molar-refractivity contribution in [3.05, 3.63) is 12.7 Å². The Morgan fingerprint density at radius 2 is 1.90 bits per heavy atom. The van der Waals surface area contributed by atoms with E-state index in [1.54, 1.807) is 7.05 Å². The van der Waals surface area contributed by atoms with Crippen LogP contribution in [0.15, 0.2) is 17.6 Å². The molecule has 0 aliphatic heterocycles. The zero-order valence-corrected chi connectivity index (χ0v) is 13.2. The number of hydrogen-bond acceptors (Lipinski definition) is 1. The Balaban J connectivity index is 3.76. The molecule has 0 aromatic carbocycles. The molecule has 6 heteroatoms. The first-order valence-corrected chi connectivity index (χ1v) is 7.50. The molecule has 0 unspecified atom stereocenters. The number of hydrogen-bond donors (Lipinski definition) is 1. The number of guanidine groups is 1. The number of rotatable bonds is 10. The molecule has 124 valence electrons. The molecule has 21 heavy (non-hydrogen) atoms. The number of halogens is 3. The molecule has 0 aromatic heterocycles. The molecule has 0 radical (unpaired) electrons. The molecule has 3 nitrogen and oxygen atoms in total. The third-order valence-electron chi connectivity index (χ3n) is 3.15. The Morgan fingerprint density at radius 1 is 1.19 bits per heavy atom. The Kier molecular flexibility index (Phi) is 10.8. The molecule has 0 aromatic rings. The summed E-state index contributed by atoms with van der Waals surface area (Å²) in [4.78, 5) is 6.15. The smallest absolute Gasteiger partial charge is 0.356 e. The van der Waals surface area contributed by atoms with Gasteiger partial charge in [0.15, 0.2) is 5.96 Å². The van der Waals surface area contributed by atoms with Crippen LogP contribution in [0.2, 0.25) is 0 Å². The molecule has 0 aliphatic carbocycles. The molecule has 0 fully saturated rings. The van der Waals surface area contributed by atoms with E-state index in [9.17, 15) is 13.2 Å². The number of unbranched alkanes of at least 4 members (excludes halogenated alkanes) is 4. The fraction of sp³-hybridized carbons (Fsp3) is 0.800. The minimum atomic E-state index is -4.05. The molecule has 0 saturated carbocycles. The average molecular weight is 307 g/mol. The van der Waals surface area contributed by atoms with Crippen LogP contribution in [0.1, 0.15) is 44.9 Å². The van der Waals surface area contributed by atoms with Gasteiger partial charge in [-0.3, -0.25) is 4.99 Å². The number of allylic oxidation sites excluding steroid dienone is 1. The van der Waals surface area contributed by atoms with Crippen molar-refractivity contribution in [2.45, 2.75) is 51.1 Å². The minimum Gasteiger partial charge on any atom is -0.356 e. The van der Waals surface area contributed by atoms with Gasteiger partial charge < -0.3 is 10.2 Å². The molecule has 0 atom stereocenters. The minimum absolute atomic E-state index is 0.152. The van der Waals surface area contributed by atoms with E-state index in [0.717, 1.165) is 38.2 Å². The van der Waals surface area contributed by atoms with Gasteiger partial charge in [-0.25, -0.2) is 0 Å². The SMILES string of the molecule is C=CCCCCCN(C)C(=NC)NCCCCC(F)(F)F. The number of nitrogens with zero attached hydrogens (tertiary/aromatic N) is 2. The van der Waals surface area contributed by atoms with Gasteiger partial charge in [-0.05, 0) is 32.1 Å². The van der Waals surface area contributed by atoms with Crippen LogP contribution < -0.4 is 5.32 Å². The highest BCUT2D eigenvalue weighted by Crippen LogP contribution is 2.21. The molecule has 0 amide bonds. The molecule has 0 spiro atoms. The highest BCUT2D eigenvalue weighted by atomic mass is 19.4. The fourth-order valence-corrected chi connectivity index (χ4v) is 1.96. The van der Waals surface area contributed by atoms with Gasteiger partial charge in [-0.1, -0.05) is 12.5 Å². The van der Waals surface area contributed by atoms with Crippen LogP contribution in [0.3, 0.4) is 0 Å². The Hall–Kier alpha value is -1.20. The van der Waals surface area contributed by atoms with Crippen LogP contribution in [-0.4, -0.2) is 44.2 Å². The maximum absolute atomic E-state index is 12.0. The van der Waals surface area contributed by atoms with Crippen molar-refractivity contribution in [3.8, 4) is 0 Å². The van der Waals surface area contributed by atoms with E-state index in [4.69, 9.17) is 0 Å². The first kappa shape index (κ1) is 19.8. The van der Waals surface area contributed by atoms with Crippen LogP contribution in [0.25, 0.3) is 0 Å². The Morgan fingerprint density at radius 3 is 2.48 bits per heavy atom. The molecule has 1 N–H and O–H groups in total. The number of alkyl halides is 3. The van der Waals surface area contributed by atoms with Crippen molar-refractivity contribution in [3.63, 3.8) is 0 Å². The van der Waals surface area contributed by atoms with E-state index in [0.29, 0.717) is 13.0 Å². The van der Waals surface area contributed by atoms with Crippen molar-refractivity contribution >= 4 is 5.96 Å². The van der Waals surface area contributed by atoms with Crippen LogP contribution >= 0.6 is 0 Å². The highest BCUT2D eigenvalue weighted by molar-refractivity contribution is 5.79. The maximum atomic E-state index is 12.0. The summed E-state index contributed by atoms with van der Waals surface area (Å²) in [6.07, 6.45) is 2.18. The largest absolute Gasteiger partial charge is 0.389 e. The fourth-order valence-electron chi connectivity index (χ4n) is 1.96. The van der Waals surface area contributed by atoms with Crippen LogP contribution in [-0.2, 0) is 0 Å². The van der Waals surface area contributed by atoms with Crippen molar-refractivity contribution in [2.75, 3.05) is 27.2 Å². The van der Waals surface area contributed by atoms with Crippen LogP contribution in [0, 0.1) is 0 Å². The number of aliphatic imine (C=N–C) groups is 1. The maximum Gasteiger partial charge on any atom is 0.389 e. The lowest BCUT2D eigenvalue weighted by atomic mass is 10.2. The lowest BCUT2D eigenvalue weighted by molar-refractivity contribution is -0.135. The van der Waals surface area contributed by atoms with Gasteiger partial charge in [-0.15, -0.1) is 6.58 Å². The van der Waals surface area contributed by atoms with Gasteiger partial charge in [0.05, 0.1) is 0 Å². The van der Waals surface area contributed by atoms with Crippen LogP contribution in [0.5, 0.6) is 0 Å². The summed E-state index contributed by atoms with van der Waals surface area (Å²) in [6.45, 7) is 5.09. The predicted molar refractivity (Wildman–Crippen MR) is 82.6 cm³/mol. The molecule has 0 rings (SSSR count). The monoisotopic (exact) mass is 307 g/mol. The second kappa shape index (κ2) is 11.5. The van der Waals surface area contributed by atoms with Gasteiger partial charge in [0.1, 0.15) is 0 Å². The lowest BCUT2D eigenvalue weighted by Gasteiger charge is -2.22. The van der Waals surface area contributed by atoms with Crippen molar-refractivity contribution in [2.24, 2.45) is 4.99 Å². The molecule has 0 bridgehead atoms. The topological polar surface area (TPSA) is 27.6 Å². The second-order valence-corrected chi connectivity index (χ2v) is 5.11. The van der Waals surface area contributed by atoms with Crippen LogP contribution in [0.4, 0.5) is 13.2 Å². The van der Waals surface area contributed by atoms with Gasteiger partial charge in [-0.2, -0.15) is 13.2 Å². The number of nitrogens with one attached hydrogen (secondary N) is 1. The first-order valence-electron chi connectivity index (χ1n) is 7.50. The van der Waals surface area contributed by atoms with Crippen molar-refractivity contribution in [1.82, 2.24) is 10.2 Å². The highest BCUT2D eigenvalue weighted by Gasteiger charge is 2.25. The third kappa shape index (κ3) is 12.3. The summed E-state index contributed by atoms with van der Waals surface area (Å²) in [6, 6.07) is 0. The normalized spacial score (nSPS) is 12.3. The van der Waals surface area contributed by atoms with Gasteiger partial charge in [0.2, 0.25) is 0 Å². The summed E-state index contributed by atoms with van der Waals surface area (Å²) < 4.78 is 36.0. The third-order valence-corrected chi connectivity index (χ3v) is 3.15. The quantitative estimate of drug-likeness (QED) is 0.286. The van der Waals surface area contributed by atoms with E-state index in [-0.39, 0.29) is 6.42 Å². The molecule has 0 aliphatic rings. The van der Waals surface area contributed by atoms with Gasteiger partial charge >= 0.3 is 6.18 Å². The molecular weight excluding hydrogens is 279 g/mol. The van der Waals surface area contributed by atoms with E-state index in [1.165, 1.54) is 0 Å². The lowest BCUT2D eigenvalue weighted by Crippen LogP contribution is -2.39. The van der Waals surface area contributed by atoms with E-state index < -0.39 is 12.6 Å². The predicted octanol–water partition coefficient (Wildman–Crippen LogP) is 3.97. The summed E-state index contributed by atoms with van der Waals surface area (Å²) in [5.74, 6) is 0.741. The summed E-state index contributed by atoms with van der Waals surface area (Å²) in [5, 5.41) is 3.10. The molecule has 0 saturated heterocycles. The van der Waals surface area contributed by atoms with E-state index in [1.807, 2.05) is 18.0 Å². The van der Waals surface area contributed by atoms with Gasteiger partial charge in [0, 0.05) is 33.6 Å². The van der Waals surface area contributed by atoms with E-state index in [2.05, 4.69) is 16.9 Å². The molecular formula is C15H28F3N3. The zero-order chi connectivity index (χ0) is 16.1. The standard InChI is InChI=1S/C15H28F3N3/c1-4-5-6-7-10-13-21(3)14(19-2)20-12-9-8-11-15(16,17)18/h4H,1,5-13H2,2-3H3,(H,19,20). The molecule has 0 heterocycles. The average Bonchev–Trinajstić information content (AvgIpc) is 2.41. The first-order chi connectivity index (χ1) is 9.90. The Labute approximate surface area is 126 Å². The van der Waals surface area contributed by atoms with E-state index >= 15 is 0 Å². The second-order valence-electron chi connectivity index (χ2n) is 5.11. The van der Waals surface area contributed by atoms with Gasteiger partial charge in [0.25, 0.3) is 0 Å². The Bertz CT molecular complexity index is 301. The zero-order valence-electron chi connectivity index (χ0n) is 13.2. The van der Waals surface area contributed by atoms with Crippen molar-refractivity contribution < 1.29 is 13.2 Å².